The van der Waals surface area contributed by atoms with Gasteiger partial charge in [0.1, 0.15) is 5.75 Å². The molecule has 2 nitrogen and oxygen atoms in total. The smallest absolute Gasteiger partial charge is 0.165 e. The van der Waals surface area contributed by atoms with Crippen LogP contribution < -0.4 is 10.1 Å². The van der Waals surface area contributed by atoms with E-state index in [4.69, 9.17) is 4.74 Å². The first kappa shape index (κ1) is 15.5. The fraction of sp³-hybridized carbons (Fsp3) is 0.333. The van der Waals surface area contributed by atoms with Crippen LogP contribution in [0.5, 0.6) is 11.5 Å². The molecule has 0 radical (unpaired) electrons. The van der Waals surface area contributed by atoms with E-state index < -0.39 is 0 Å². The zero-order chi connectivity index (χ0) is 15.2. The molecule has 21 heavy (non-hydrogen) atoms. The van der Waals surface area contributed by atoms with Gasteiger partial charge in [0.2, 0.25) is 0 Å². The minimum Gasteiger partial charge on any atom is -0.454 e. The first-order valence-electron chi connectivity index (χ1n) is 7.34. The predicted octanol–water partition coefficient (Wildman–Crippen LogP) is 4.73. The molecule has 2 aromatic rings. The molecule has 0 aliphatic rings. The van der Waals surface area contributed by atoms with Gasteiger partial charge in [0, 0.05) is 12.1 Å². The summed E-state index contributed by atoms with van der Waals surface area (Å²) >= 11 is 0. The second kappa shape index (κ2) is 7.23. The van der Waals surface area contributed by atoms with E-state index in [0.717, 1.165) is 30.6 Å². The minimum absolute atomic E-state index is 0.274. The van der Waals surface area contributed by atoms with E-state index in [1.165, 1.54) is 11.6 Å². The summed E-state index contributed by atoms with van der Waals surface area (Å²) in [6.45, 7) is 7.76. The van der Waals surface area contributed by atoms with Gasteiger partial charge in [-0.2, -0.15) is 0 Å². The number of rotatable bonds is 6. The lowest BCUT2D eigenvalue weighted by Gasteiger charge is -2.13. The van der Waals surface area contributed by atoms with Crippen molar-refractivity contribution in [2.75, 3.05) is 6.54 Å². The van der Waals surface area contributed by atoms with Gasteiger partial charge >= 0.3 is 0 Å². The normalized spacial score (nSPS) is 10.7. The highest BCUT2D eigenvalue weighted by Crippen LogP contribution is 2.29. The number of ether oxygens (including phenoxy) is 1. The van der Waals surface area contributed by atoms with Crippen LogP contribution in [0.3, 0.4) is 0 Å². The van der Waals surface area contributed by atoms with Gasteiger partial charge in [-0.15, -0.1) is 0 Å². The summed E-state index contributed by atoms with van der Waals surface area (Å²) in [5, 5.41) is 3.36. The molecule has 0 unspecified atom stereocenters. The summed E-state index contributed by atoms with van der Waals surface area (Å²) in [7, 11) is 0. The second-order valence-corrected chi connectivity index (χ2v) is 5.32. The number of benzene rings is 2. The molecule has 0 saturated carbocycles. The van der Waals surface area contributed by atoms with Crippen molar-refractivity contribution in [2.24, 2.45) is 0 Å². The maximum Gasteiger partial charge on any atom is 0.165 e. The van der Waals surface area contributed by atoms with Gasteiger partial charge in [-0.25, -0.2) is 4.39 Å². The fourth-order valence-corrected chi connectivity index (χ4v) is 2.15. The minimum atomic E-state index is -0.339. The topological polar surface area (TPSA) is 21.3 Å². The van der Waals surface area contributed by atoms with Crippen molar-refractivity contribution in [3.8, 4) is 11.5 Å². The third kappa shape index (κ3) is 4.30. The molecule has 2 aromatic carbocycles. The van der Waals surface area contributed by atoms with E-state index in [9.17, 15) is 4.39 Å². The number of halogens is 1. The molecule has 0 bridgehead atoms. The summed E-state index contributed by atoms with van der Waals surface area (Å²) in [4.78, 5) is 0. The molecule has 0 spiro atoms. The van der Waals surface area contributed by atoms with Crippen LogP contribution in [0.1, 0.15) is 30.0 Å². The SMILES string of the molecule is CCCNCc1cc(C)ccc1Oc1cc(C)ccc1F. The molecular formula is C18H22FNO. The number of hydrogen-bond donors (Lipinski definition) is 1. The Kier molecular flexibility index (Phi) is 5.34. The lowest BCUT2D eigenvalue weighted by atomic mass is 10.1. The molecule has 0 aromatic heterocycles. The number of nitrogens with one attached hydrogen (secondary N) is 1. The molecule has 0 amide bonds. The third-order valence-electron chi connectivity index (χ3n) is 3.26. The van der Waals surface area contributed by atoms with Crippen molar-refractivity contribution in [3.63, 3.8) is 0 Å². The maximum atomic E-state index is 13.8. The highest BCUT2D eigenvalue weighted by atomic mass is 19.1. The average Bonchev–Trinajstić information content (AvgIpc) is 2.46. The predicted molar refractivity (Wildman–Crippen MR) is 84.4 cm³/mol. The summed E-state index contributed by atoms with van der Waals surface area (Å²) in [5.41, 5.74) is 3.19. The largest absolute Gasteiger partial charge is 0.454 e. The van der Waals surface area contributed by atoms with Crippen molar-refractivity contribution in [1.82, 2.24) is 5.32 Å². The number of aryl methyl sites for hydroxylation is 2. The fourth-order valence-electron chi connectivity index (χ4n) is 2.15. The average molecular weight is 287 g/mol. The monoisotopic (exact) mass is 287 g/mol. The van der Waals surface area contributed by atoms with Gasteiger partial charge in [-0.3, -0.25) is 0 Å². The first-order valence-corrected chi connectivity index (χ1v) is 7.34. The van der Waals surface area contributed by atoms with Crippen molar-refractivity contribution < 1.29 is 9.13 Å². The van der Waals surface area contributed by atoms with Gasteiger partial charge in [0.05, 0.1) is 0 Å². The Morgan fingerprint density at radius 2 is 1.71 bits per heavy atom. The van der Waals surface area contributed by atoms with Gasteiger partial charge in [0.25, 0.3) is 0 Å². The van der Waals surface area contributed by atoms with E-state index in [0.29, 0.717) is 5.75 Å². The molecule has 0 atom stereocenters. The van der Waals surface area contributed by atoms with Crippen molar-refractivity contribution in [2.45, 2.75) is 33.7 Å². The van der Waals surface area contributed by atoms with Crippen LogP contribution in [0.2, 0.25) is 0 Å². The standard InChI is InChI=1S/C18H22FNO/c1-4-9-20-12-15-10-13(2)6-8-17(15)21-18-11-14(3)5-7-16(18)19/h5-8,10-11,20H,4,9,12H2,1-3H3. The molecular weight excluding hydrogens is 265 g/mol. The van der Waals surface area contributed by atoms with Gasteiger partial charge < -0.3 is 10.1 Å². The Labute approximate surface area is 126 Å². The summed E-state index contributed by atoms with van der Waals surface area (Å²) in [6, 6.07) is 10.9. The first-order chi connectivity index (χ1) is 10.1. The Morgan fingerprint density at radius 1 is 1.00 bits per heavy atom. The van der Waals surface area contributed by atoms with E-state index in [1.807, 2.05) is 26.0 Å². The van der Waals surface area contributed by atoms with E-state index in [-0.39, 0.29) is 11.6 Å². The van der Waals surface area contributed by atoms with Crippen LogP contribution in [0.15, 0.2) is 36.4 Å². The van der Waals surface area contributed by atoms with Crippen LogP contribution >= 0.6 is 0 Å². The van der Waals surface area contributed by atoms with Gasteiger partial charge in [0.15, 0.2) is 11.6 Å². The Hall–Kier alpha value is -1.87. The molecule has 0 fully saturated rings. The van der Waals surface area contributed by atoms with E-state index >= 15 is 0 Å². The summed E-state index contributed by atoms with van der Waals surface area (Å²) < 4.78 is 19.6. The second-order valence-electron chi connectivity index (χ2n) is 5.32. The van der Waals surface area contributed by atoms with Crippen LogP contribution in [-0.4, -0.2) is 6.54 Å². The zero-order valence-corrected chi connectivity index (χ0v) is 12.9. The van der Waals surface area contributed by atoms with Crippen molar-refractivity contribution >= 4 is 0 Å². The highest BCUT2D eigenvalue weighted by Gasteiger charge is 2.09. The lowest BCUT2D eigenvalue weighted by Crippen LogP contribution is -2.14. The Balaban J connectivity index is 2.24. The molecule has 112 valence electrons. The van der Waals surface area contributed by atoms with Crippen LogP contribution in [0, 0.1) is 19.7 Å². The third-order valence-corrected chi connectivity index (χ3v) is 3.26. The van der Waals surface area contributed by atoms with Crippen LogP contribution in [0.25, 0.3) is 0 Å². The molecule has 3 heteroatoms. The van der Waals surface area contributed by atoms with E-state index in [2.05, 4.69) is 18.3 Å². The lowest BCUT2D eigenvalue weighted by molar-refractivity contribution is 0.435. The molecule has 0 saturated heterocycles. The number of hydrogen-bond acceptors (Lipinski definition) is 2. The van der Waals surface area contributed by atoms with E-state index in [1.54, 1.807) is 12.1 Å². The van der Waals surface area contributed by atoms with Crippen molar-refractivity contribution in [1.29, 1.82) is 0 Å². The summed E-state index contributed by atoms with van der Waals surface area (Å²) in [6.07, 6.45) is 1.08. The molecule has 2 rings (SSSR count). The quantitative estimate of drug-likeness (QED) is 0.775. The molecule has 0 aliphatic carbocycles. The van der Waals surface area contributed by atoms with Gasteiger partial charge in [-0.05, 0) is 50.6 Å². The summed E-state index contributed by atoms with van der Waals surface area (Å²) in [5.74, 6) is 0.637. The maximum absolute atomic E-state index is 13.8. The Morgan fingerprint density at radius 3 is 2.48 bits per heavy atom. The molecule has 1 N–H and O–H groups in total. The van der Waals surface area contributed by atoms with Crippen LogP contribution in [0.4, 0.5) is 4.39 Å². The van der Waals surface area contributed by atoms with Crippen LogP contribution in [-0.2, 0) is 6.54 Å². The zero-order valence-electron chi connectivity index (χ0n) is 12.9. The molecule has 0 aliphatic heterocycles. The van der Waals surface area contributed by atoms with Gasteiger partial charge in [-0.1, -0.05) is 30.7 Å². The highest BCUT2D eigenvalue weighted by molar-refractivity contribution is 5.41. The Bertz CT molecular complexity index is 610. The van der Waals surface area contributed by atoms with Crippen molar-refractivity contribution in [3.05, 3.63) is 58.9 Å². The molecule has 0 heterocycles.